The highest BCUT2D eigenvalue weighted by atomic mass is 32.1. The molecule has 0 radical (unpaired) electrons. The van der Waals surface area contributed by atoms with Crippen molar-refractivity contribution >= 4 is 17.0 Å². The minimum Gasteiger partial charge on any atom is -0.497 e. The van der Waals surface area contributed by atoms with Crippen LogP contribution in [0, 0.1) is 5.92 Å². The van der Waals surface area contributed by atoms with Crippen LogP contribution in [0.1, 0.15) is 32.1 Å². The molecule has 0 bridgehead atoms. The van der Waals surface area contributed by atoms with E-state index in [1.165, 1.54) is 32.1 Å². The quantitative estimate of drug-likeness (QED) is 0.544. The molecule has 4 rings (SSSR count). The maximum absolute atomic E-state index is 5.69. The lowest BCUT2D eigenvalue weighted by molar-refractivity contribution is 0.318. The molecule has 3 aromatic rings. The number of hydrogen-bond donors (Lipinski definition) is 0. The molecule has 2 aromatic heterocycles. The van der Waals surface area contributed by atoms with Crippen molar-refractivity contribution in [3.05, 3.63) is 52.9 Å². The topological polar surface area (TPSA) is 48.6 Å². The molecule has 6 heteroatoms. The Hall–Kier alpha value is -2.60. The molecule has 1 fully saturated rings. The first-order valence-corrected chi connectivity index (χ1v) is 11.0. The molecular weight excluding hydrogens is 382 g/mol. The second kappa shape index (κ2) is 9.27. The fraction of sp³-hybridized carbons (Fsp3) is 0.391. The van der Waals surface area contributed by atoms with Gasteiger partial charge >= 0.3 is 0 Å². The third-order valence-electron chi connectivity index (χ3n) is 5.52. The lowest BCUT2D eigenvalue weighted by atomic mass is 9.89. The summed E-state index contributed by atoms with van der Waals surface area (Å²) in [5.41, 5.74) is 3.08. The third-order valence-corrected chi connectivity index (χ3v) is 6.38. The van der Waals surface area contributed by atoms with Crippen molar-refractivity contribution in [2.75, 3.05) is 14.2 Å². The molecule has 29 heavy (non-hydrogen) atoms. The van der Waals surface area contributed by atoms with Gasteiger partial charge in [-0.25, -0.2) is 4.99 Å². The van der Waals surface area contributed by atoms with E-state index in [1.54, 1.807) is 38.0 Å². The van der Waals surface area contributed by atoms with E-state index in [-0.39, 0.29) is 0 Å². The van der Waals surface area contributed by atoms with Crippen LogP contribution in [0.2, 0.25) is 0 Å². The van der Waals surface area contributed by atoms with Crippen LogP contribution in [-0.2, 0) is 6.54 Å². The fourth-order valence-electron chi connectivity index (χ4n) is 3.98. The zero-order valence-electron chi connectivity index (χ0n) is 17.0. The number of rotatable bonds is 6. The van der Waals surface area contributed by atoms with Crippen molar-refractivity contribution in [3.8, 4) is 22.8 Å². The number of nitrogens with zero attached hydrogens (tertiary/aromatic N) is 3. The van der Waals surface area contributed by atoms with Gasteiger partial charge in [0.25, 0.3) is 0 Å². The lowest BCUT2D eigenvalue weighted by Crippen LogP contribution is -2.22. The predicted octanol–water partition coefficient (Wildman–Crippen LogP) is 5.44. The number of methoxy groups -OCH3 is 2. The summed E-state index contributed by atoms with van der Waals surface area (Å²) in [6.07, 6.45) is 10.2. The van der Waals surface area contributed by atoms with Crippen molar-refractivity contribution in [1.29, 1.82) is 0 Å². The lowest BCUT2D eigenvalue weighted by Gasteiger charge is -2.23. The summed E-state index contributed by atoms with van der Waals surface area (Å²) in [6, 6.07) is 9.91. The first kappa shape index (κ1) is 19.7. The monoisotopic (exact) mass is 409 g/mol. The molecule has 152 valence electrons. The highest BCUT2D eigenvalue weighted by molar-refractivity contribution is 7.07. The van der Waals surface area contributed by atoms with Gasteiger partial charge < -0.3 is 14.0 Å². The summed E-state index contributed by atoms with van der Waals surface area (Å²) < 4.78 is 13.4. The van der Waals surface area contributed by atoms with Crippen LogP contribution in [0.3, 0.4) is 0 Å². The molecule has 2 heterocycles. The smallest absolute Gasteiger partial charge is 0.190 e. The molecule has 0 saturated heterocycles. The van der Waals surface area contributed by atoms with Crippen LogP contribution >= 0.6 is 11.3 Å². The molecule has 1 saturated carbocycles. The van der Waals surface area contributed by atoms with Gasteiger partial charge in [-0.2, -0.15) is 0 Å². The van der Waals surface area contributed by atoms with Crippen molar-refractivity contribution in [2.24, 2.45) is 10.9 Å². The zero-order chi connectivity index (χ0) is 20.1. The van der Waals surface area contributed by atoms with E-state index in [4.69, 9.17) is 14.5 Å². The van der Waals surface area contributed by atoms with E-state index in [0.717, 1.165) is 39.8 Å². The van der Waals surface area contributed by atoms with Gasteiger partial charge in [0.1, 0.15) is 11.5 Å². The van der Waals surface area contributed by atoms with E-state index < -0.39 is 0 Å². The van der Waals surface area contributed by atoms with Gasteiger partial charge in [-0.1, -0.05) is 19.3 Å². The molecule has 0 aliphatic heterocycles. The molecule has 0 amide bonds. The van der Waals surface area contributed by atoms with Gasteiger partial charge in [-0.15, -0.1) is 11.3 Å². The molecule has 0 unspecified atom stereocenters. The van der Waals surface area contributed by atoms with Crippen molar-refractivity contribution in [2.45, 2.75) is 38.6 Å². The van der Waals surface area contributed by atoms with E-state index in [9.17, 15) is 0 Å². The van der Waals surface area contributed by atoms with E-state index >= 15 is 0 Å². The van der Waals surface area contributed by atoms with Gasteiger partial charge in [0.05, 0.1) is 31.8 Å². The zero-order valence-corrected chi connectivity index (χ0v) is 17.8. The first-order valence-electron chi connectivity index (χ1n) is 10.1. The van der Waals surface area contributed by atoms with Crippen LogP contribution < -0.4 is 14.3 Å². The van der Waals surface area contributed by atoms with Gasteiger partial charge in [0, 0.05) is 29.8 Å². The molecule has 0 spiro atoms. The second-order valence-corrected chi connectivity index (χ2v) is 8.24. The summed E-state index contributed by atoms with van der Waals surface area (Å²) in [5, 5.41) is 2.18. The van der Waals surface area contributed by atoms with E-state index in [1.807, 2.05) is 24.3 Å². The average molecular weight is 410 g/mol. The van der Waals surface area contributed by atoms with Crippen molar-refractivity contribution in [3.63, 3.8) is 0 Å². The summed E-state index contributed by atoms with van der Waals surface area (Å²) in [7, 11) is 3.38. The SMILES string of the molecule is COc1ccc(-c2csc(=Nc3cccnc3)n2CC2CCCCC2)c(OC)c1. The van der Waals surface area contributed by atoms with Crippen LogP contribution in [0.4, 0.5) is 5.69 Å². The van der Waals surface area contributed by atoms with Crippen LogP contribution in [0.15, 0.2) is 53.1 Å². The summed E-state index contributed by atoms with van der Waals surface area (Å²) in [4.78, 5) is 10.1. The number of ether oxygens (including phenoxy) is 2. The predicted molar refractivity (Wildman–Crippen MR) is 117 cm³/mol. The fourth-order valence-corrected chi connectivity index (χ4v) is 4.91. The van der Waals surface area contributed by atoms with Gasteiger partial charge in [-0.3, -0.25) is 4.98 Å². The average Bonchev–Trinajstić information content (AvgIpc) is 3.16. The third kappa shape index (κ3) is 4.53. The van der Waals surface area contributed by atoms with Crippen LogP contribution in [0.5, 0.6) is 11.5 Å². The standard InChI is InChI=1S/C23H27N3O2S/c1-27-19-10-11-20(22(13-19)28-2)21-16-29-23(25-18-9-6-12-24-14-18)26(21)15-17-7-4-3-5-8-17/h6,9-14,16-17H,3-5,7-8,15H2,1-2H3. The van der Waals surface area contributed by atoms with Crippen molar-refractivity contribution < 1.29 is 9.47 Å². The number of thiazole rings is 1. The van der Waals surface area contributed by atoms with E-state index in [0.29, 0.717) is 5.92 Å². The highest BCUT2D eigenvalue weighted by Gasteiger charge is 2.19. The summed E-state index contributed by atoms with van der Waals surface area (Å²) >= 11 is 1.67. The maximum Gasteiger partial charge on any atom is 0.190 e. The van der Waals surface area contributed by atoms with Gasteiger partial charge in [-0.05, 0) is 43.0 Å². The molecule has 0 atom stereocenters. The molecular formula is C23H27N3O2S. The highest BCUT2D eigenvalue weighted by Crippen LogP contribution is 2.35. The molecule has 1 aliphatic rings. The van der Waals surface area contributed by atoms with Crippen LogP contribution in [0.25, 0.3) is 11.3 Å². The Morgan fingerprint density at radius 2 is 2.00 bits per heavy atom. The number of pyridine rings is 1. The molecule has 1 aromatic carbocycles. The first-order chi connectivity index (χ1) is 14.3. The number of hydrogen-bond acceptors (Lipinski definition) is 5. The Morgan fingerprint density at radius 1 is 1.14 bits per heavy atom. The van der Waals surface area contributed by atoms with Crippen molar-refractivity contribution in [1.82, 2.24) is 9.55 Å². The minimum atomic E-state index is 0.689. The minimum absolute atomic E-state index is 0.689. The van der Waals surface area contributed by atoms with Gasteiger partial charge in [0.15, 0.2) is 4.80 Å². The molecule has 5 nitrogen and oxygen atoms in total. The Bertz CT molecular complexity index is 1000. The largest absolute Gasteiger partial charge is 0.497 e. The van der Waals surface area contributed by atoms with Gasteiger partial charge in [0.2, 0.25) is 0 Å². The Balaban J connectivity index is 1.80. The molecule has 1 aliphatic carbocycles. The van der Waals surface area contributed by atoms with E-state index in [2.05, 4.69) is 21.0 Å². The molecule has 0 N–H and O–H groups in total. The Labute approximate surface area is 175 Å². The summed E-state index contributed by atoms with van der Waals surface area (Å²) in [6.45, 7) is 0.979. The summed E-state index contributed by atoms with van der Waals surface area (Å²) in [5.74, 6) is 2.29. The number of benzene rings is 1. The normalized spacial score (nSPS) is 15.4. The Morgan fingerprint density at radius 3 is 2.72 bits per heavy atom. The maximum atomic E-state index is 5.69. The second-order valence-electron chi connectivity index (χ2n) is 7.41. The number of aromatic nitrogens is 2. The van der Waals surface area contributed by atoms with Crippen LogP contribution in [-0.4, -0.2) is 23.8 Å². The Kier molecular flexibility index (Phi) is 6.30.